The third-order valence-electron chi connectivity index (χ3n) is 14.0. The Bertz CT molecular complexity index is 3750. The van der Waals surface area contributed by atoms with Crippen LogP contribution in [0.3, 0.4) is 0 Å². The fraction of sp³-hybridized carbons (Fsp3) is 0.0154. The van der Waals surface area contributed by atoms with Crippen LogP contribution in [0.2, 0.25) is 0 Å². The lowest BCUT2D eigenvalue weighted by Crippen LogP contribution is -2.28. The van der Waals surface area contributed by atoms with Crippen LogP contribution in [-0.4, -0.2) is 4.57 Å². The fourth-order valence-corrected chi connectivity index (χ4v) is 11.0. The maximum absolute atomic E-state index is 2.44. The van der Waals surface area contributed by atoms with Crippen molar-refractivity contribution in [2.24, 2.45) is 0 Å². The lowest BCUT2D eigenvalue weighted by molar-refractivity contribution is 0.768. The Kier molecular flexibility index (Phi) is 9.11. The summed E-state index contributed by atoms with van der Waals surface area (Å²) in [6.07, 6.45) is 0. The van der Waals surface area contributed by atoms with Crippen molar-refractivity contribution in [3.63, 3.8) is 0 Å². The molecule has 13 rings (SSSR count). The third kappa shape index (κ3) is 6.26. The summed E-state index contributed by atoms with van der Waals surface area (Å²) in [5, 5.41) is 4.99. The molecule has 0 N–H and O–H groups in total. The third-order valence-corrected chi connectivity index (χ3v) is 14.0. The van der Waals surface area contributed by atoms with Crippen LogP contribution in [0.15, 0.2) is 267 Å². The van der Waals surface area contributed by atoms with E-state index in [1.165, 1.54) is 93.9 Å². The summed E-state index contributed by atoms with van der Waals surface area (Å²) >= 11 is 0. The number of benzene rings is 11. The van der Waals surface area contributed by atoms with Crippen molar-refractivity contribution >= 4 is 49.6 Å². The average Bonchev–Trinajstić information content (AvgIpc) is 3.90. The van der Waals surface area contributed by atoms with Crippen molar-refractivity contribution in [1.29, 1.82) is 0 Å². The van der Waals surface area contributed by atoms with E-state index in [4.69, 9.17) is 0 Å². The Balaban J connectivity index is 0.887. The number of anilines is 3. The monoisotopic (exact) mass is 852 g/mol. The maximum Gasteiger partial charge on any atom is 0.0714 e. The molecule has 0 radical (unpaired) electrons. The standard InChI is InChI=1S/C65H44N2/c1-4-21-51(22-5-1)65(52-23-6-2-7-24-52)61-29-14-12-27-57(61)58-39-38-56(44-62(58)65)66(53-25-8-3-9-26-53)54-35-31-46(32-36-54)47-19-16-20-48(41-47)50-34-40-64-60(43-50)59-28-13-15-30-63(59)67(64)55-37-33-45-17-10-11-18-49(45)42-55/h1-44H. The molecule has 0 fully saturated rings. The first-order valence-corrected chi connectivity index (χ1v) is 23.2. The smallest absolute Gasteiger partial charge is 0.0714 e. The zero-order valence-corrected chi connectivity index (χ0v) is 36.8. The molecule has 2 nitrogen and oxygen atoms in total. The molecule has 1 aliphatic carbocycles. The molecule has 67 heavy (non-hydrogen) atoms. The Morgan fingerprint density at radius 1 is 0.299 bits per heavy atom. The van der Waals surface area contributed by atoms with Gasteiger partial charge in [0.25, 0.3) is 0 Å². The van der Waals surface area contributed by atoms with Crippen molar-refractivity contribution in [2.75, 3.05) is 4.90 Å². The van der Waals surface area contributed by atoms with Gasteiger partial charge in [0.15, 0.2) is 0 Å². The van der Waals surface area contributed by atoms with Crippen LogP contribution in [0.1, 0.15) is 22.3 Å². The average molecular weight is 853 g/mol. The molecule has 1 aromatic heterocycles. The second-order valence-electron chi connectivity index (χ2n) is 17.7. The summed E-state index contributed by atoms with van der Waals surface area (Å²) in [5.41, 5.74) is 18.8. The highest BCUT2D eigenvalue weighted by Crippen LogP contribution is 2.57. The van der Waals surface area contributed by atoms with E-state index >= 15 is 0 Å². The molecule has 0 unspecified atom stereocenters. The van der Waals surface area contributed by atoms with Crippen LogP contribution in [0.4, 0.5) is 17.1 Å². The lowest BCUT2D eigenvalue weighted by atomic mass is 9.67. The van der Waals surface area contributed by atoms with Gasteiger partial charge in [-0.1, -0.05) is 194 Å². The molecule has 314 valence electrons. The van der Waals surface area contributed by atoms with Crippen LogP contribution in [0.5, 0.6) is 0 Å². The molecule has 0 atom stereocenters. The van der Waals surface area contributed by atoms with Gasteiger partial charge in [-0.2, -0.15) is 0 Å². The zero-order chi connectivity index (χ0) is 44.3. The van der Waals surface area contributed by atoms with E-state index in [1.54, 1.807) is 0 Å². The number of hydrogen-bond donors (Lipinski definition) is 0. The van der Waals surface area contributed by atoms with Gasteiger partial charge in [-0.15, -0.1) is 0 Å². The lowest BCUT2D eigenvalue weighted by Gasteiger charge is -2.35. The highest BCUT2D eigenvalue weighted by atomic mass is 15.1. The van der Waals surface area contributed by atoms with E-state index in [-0.39, 0.29) is 0 Å². The summed E-state index contributed by atoms with van der Waals surface area (Å²) in [5.74, 6) is 0. The van der Waals surface area contributed by atoms with Gasteiger partial charge < -0.3 is 9.47 Å². The number of nitrogens with zero attached hydrogens (tertiary/aromatic N) is 2. The van der Waals surface area contributed by atoms with Crippen molar-refractivity contribution < 1.29 is 0 Å². The number of hydrogen-bond acceptors (Lipinski definition) is 1. The molecule has 1 heterocycles. The number of para-hydroxylation sites is 2. The van der Waals surface area contributed by atoms with Gasteiger partial charge in [0.05, 0.1) is 16.4 Å². The fourth-order valence-electron chi connectivity index (χ4n) is 11.0. The van der Waals surface area contributed by atoms with Crippen LogP contribution in [0, 0.1) is 0 Å². The molecule has 0 saturated carbocycles. The quantitative estimate of drug-likeness (QED) is 0.148. The van der Waals surface area contributed by atoms with Crippen LogP contribution in [-0.2, 0) is 5.41 Å². The summed E-state index contributed by atoms with van der Waals surface area (Å²) in [6.45, 7) is 0. The SMILES string of the molecule is c1ccc(N(c2ccc(-c3cccc(-c4ccc5c(c4)c4ccccc4n5-c4ccc5ccccc5c4)c3)cc2)c2ccc3c(c2)C(c2ccccc2)(c2ccccc2)c2ccccc2-3)cc1. The topological polar surface area (TPSA) is 8.17 Å². The van der Waals surface area contributed by atoms with E-state index in [9.17, 15) is 0 Å². The maximum atomic E-state index is 2.44. The van der Waals surface area contributed by atoms with Crippen molar-refractivity contribution in [1.82, 2.24) is 4.57 Å². The molecule has 0 aliphatic heterocycles. The first kappa shape index (κ1) is 38.7. The molecule has 0 spiro atoms. The van der Waals surface area contributed by atoms with Crippen molar-refractivity contribution in [3.05, 3.63) is 289 Å². The van der Waals surface area contributed by atoms with E-state index in [2.05, 4.69) is 276 Å². The largest absolute Gasteiger partial charge is 0.310 e. The van der Waals surface area contributed by atoms with Gasteiger partial charge in [-0.25, -0.2) is 0 Å². The highest BCUT2D eigenvalue weighted by Gasteiger charge is 2.46. The summed E-state index contributed by atoms with van der Waals surface area (Å²) in [4.78, 5) is 2.40. The number of fused-ring (bicyclic) bond motifs is 7. The minimum absolute atomic E-state index is 0.486. The molecule has 12 aromatic rings. The molecule has 11 aromatic carbocycles. The first-order valence-electron chi connectivity index (χ1n) is 23.2. The van der Waals surface area contributed by atoms with Gasteiger partial charge in [0.2, 0.25) is 0 Å². The number of rotatable bonds is 8. The predicted octanol–water partition coefficient (Wildman–Crippen LogP) is 17.1. The Hall–Kier alpha value is -8.72. The van der Waals surface area contributed by atoms with Crippen molar-refractivity contribution in [2.45, 2.75) is 5.41 Å². The molecular formula is C65H44N2. The number of aromatic nitrogens is 1. The molecule has 0 amide bonds. The van der Waals surface area contributed by atoms with Gasteiger partial charge in [0, 0.05) is 33.5 Å². The van der Waals surface area contributed by atoms with E-state index < -0.39 is 5.41 Å². The summed E-state index contributed by atoms with van der Waals surface area (Å²) < 4.78 is 2.41. The molecule has 2 heteroatoms. The van der Waals surface area contributed by atoms with Crippen LogP contribution in [0.25, 0.3) is 71.6 Å². The second-order valence-corrected chi connectivity index (χ2v) is 17.7. The molecular weight excluding hydrogens is 809 g/mol. The van der Waals surface area contributed by atoms with E-state index in [0.717, 1.165) is 17.1 Å². The minimum Gasteiger partial charge on any atom is -0.310 e. The van der Waals surface area contributed by atoms with Crippen molar-refractivity contribution in [3.8, 4) is 39.1 Å². The van der Waals surface area contributed by atoms with Gasteiger partial charge in [-0.05, 0) is 139 Å². The van der Waals surface area contributed by atoms with E-state index in [0.29, 0.717) is 0 Å². The Labute approximate surface area is 390 Å². The van der Waals surface area contributed by atoms with E-state index in [1.807, 2.05) is 0 Å². The molecule has 0 bridgehead atoms. The first-order chi connectivity index (χ1) is 33.2. The molecule has 1 aliphatic rings. The second kappa shape index (κ2) is 15.8. The van der Waals surface area contributed by atoms with Gasteiger partial charge in [-0.3, -0.25) is 0 Å². The Morgan fingerprint density at radius 2 is 0.866 bits per heavy atom. The van der Waals surface area contributed by atoms with Gasteiger partial charge in [0.1, 0.15) is 0 Å². The minimum atomic E-state index is -0.486. The Morgan fingerprint density at radius 3 is 1.64 bits per heavy atom. The summed E-state index contributed by atoms with van der Waals surface area (Å²) in [6, 6.07) is 98.0. The van der Waals surface area contributed by atoms with Crippen LogP contribution >= 0.6 is 0 Å². The predicted molar refractivity (Wildman–Crippen MR) is 281 cm³/mol. The zero-order valence-electron chi connectivity index (χ0n) is 36.8. The van der Waals surface area contributed by atoms with Crippen LogP contribution < -0.4 is 4.90 Å². The molecule has 0 saturated heterocycles. The summed E-state index contributed by atoms with van der Waals surface area (Å²) in [7, 11) is 0. The normalized spacial score (nSPS) is 12.6. The highest BCUT2D eigenvalue weighted by molar-refractivity contribution is 6.10. The van der Waals surface area contributed by atoms with Gasteiger partial charge >= 0.3 is 0 Å².